The van der Waals surface area contributed by atoms with E-state index in [1.54, 1.807) is 14.0 Å². The lowest BCUT2D eigenvalue weighted by atomic mass is 9.96. The highest BCUT2D eigenvalue weighted by Crippen LogP contribution is 2.19. The Labute approximate surface area is 98.6 Å². The van der Waals surface area contributed by atoms with Crippen molar-refractivity contribution in [1.29, 1.82) is 0 Å². The van der Waals surface area contributed by atoms with E-state index in [1.807, 2.05) is 11.9 Å². The molecular formula is C12H25NO3. The fourth-order valence-electron chi connectivity index (χ4n) is 1.61. The van der Waals surface area contributed by atoms with Crippen molar-refractivity contribution in [1.82, 2.24) is 4.90 Å². The minimum absolute atomic E-state index is 0.473. The molecule has 0 rings (SSSR count). The number of ether oxygens (including phenoxy) is 1. The van der Waals surface area contributed by atoms with Gasteiger partial charge in [-0.25, -0.2) is 0 Å². The molecule has 0 radical (unpaired) electrons. The summed E-state index contributed by atoms with van der Waals surface area (Å²) in [4.78, 5) is 13.2. The van der Waals surface area contributed by atoms with Gasteiger partial charge in [0, 0.05) is 13.7 Å². The van der Waals surface area contributed by atoms with Crippen LogP contribution in [0.15, 0.2) is 0 Å². The molecule has 0 aliphatic heterocycles. The summed E-state index contributed by atoms with van der Waals surface area (Å²) in [5, 5.41) is 9.29. The molecule has 0 saturated carbocycles. The van der Waals surface area contributed by atoms with Crippen LogP contribution in [0.2, 0.25) is 0 Å². The molecule has 0 aromatic carbocycles. The van der Waals surface area contributed by atoms with Gasteiger partial charge in [-0.2, -0.15) is 0 Å². The molecule has 0 aliphatic carbocycles. The second kappa shape index (κ2) is 7.63. The molecule has 96 valence electrons. The van der Waals surface area contributed by atoms with E-state index in [4.69, 9.17) is 4.74 Å². The maximum absolute atomic E-state index is 11.3. The summed E-state index contributed by atoms with van der Waals surface area (Å²) in [6.45, 7) is 5.20. The van der Waals surface area contributed by atoms with Gasteiger partial charge in [-0.05, 0) is 33.4 Å². The Bertz CT molecular complexity index is 208. The fourth-order valence-corrected chi connectivity index (χ4v) is 1.61. The zero-order valence-electron chi connectivity index (χ0n) is 11.0. The smallest absolute Gasteiger partial charge is 0.323 e. The quantitative estimate of drug-likeness (QED) is 0.617. The number of hydrogen-bond donors (Lipinski definition) is 1. The summed E-state index contributed by atoms with van der Waals surface area (Å²) in [6, 6.07) is 0. The monoisotopic (exact) mass is 231 g/mol. The average molecular weight is 231 g/mol. The summed E-state index contributed by atoms with van der Waals surface area (Å²) >= 11 is 0. The molecule has 0 heterocycles. The Morgan fingerprint density at radius 3 is 2.50 bits per heavy atom. The topological polar surface area (TPSA) is 49.8 Å². The predicted molar refractivity (Wildman–Crippen MR) is 64.7 cm³/mol. The van der Waals surface area contributed by atoms with Gasteiger partial charge in [0.2, 0.25) is 0 Å². The highest BCUT2D eigenvalue weighted by atomic mass is 16.5. The first-order valence-electron chi connectivity index (χ1n) is 5.92. The zero-order chi connectivity index (χ0) is 12.6. The van der Waals surface area contributed by atoms with E-state index in [9.17, 15) is 9.90 Å². The van der Waals surface area contributed by atoms with E-state index in [2.05, 4.69) is 6.92 Å². The maximum atomic E-state index is 11.3. The number of unbranched alkanes of at least 4 members (excludes halogenated alkanes) is 2. The van der Waals surface area contributed by atoms with Crippen LogP contribution in [0.1, 0.15) is 39.5 Å². The van der Waals surface area contributed by atoms with Crippen LogP contribution in [0.3, 0.4) is 0 Å². The highest BCUT2D eigenvalue weighted by molar-refractivity contribution is 5.78. The summed E-state index contributed by atoms with van der Waals surface area (Å²) in [5.41, 5.74) is -0.816. The minimum Gasteiger partial charge on any atom is -0.480 e. The van der Waals surface area contributed by atoms with Crippen molar-refractivity contribution in [3.05, 3.63) is 0 Å². The molecule has 0 saturated heterocycles. The van der Waals surface area contributed by atoms with Crippen LogP contribution < -0.4 is 0 Å². The van der Waals surface area contributed by atoms with Gasteiger partial charge in [0.25, 0.3) is 0 Å². The number of rotatable bonds is 9. The number of carboxylic acid groups (broad SMARTS) is 1. The van der Waals surface area contributed by atoms with Crippen LogP contribution in [0.25, 0.3) is 0 Å². The normalized spacial score (nSPS) is 15.1. The molecule has 4 nitrogen and oxygen atoms in total. The summed E-state index contributed by atoms with van der Waals surface area (Å²) in [5.74, 6) is -0.774. The Morgan fingerprint density at radius 1 is 1.44 bits per heavy atom. The summed E-state index contributed by atoms with van der Waals surface area (Å²) < 4.78 is 4.97. The molecule has 1 unspecified atom stereocenters. The first-order chi connectivity index (χ1) is 7.49. The maximum Gasteiger partial charge on any atom is 0.323 e. The van der Waals surface area contributed by atoms with Crippen molar-refractivity contribution in [3.63, 3.8) is 0 Å². The van der Waals surface area contributed by atoms with E-state index in [0.29, 0.717) is 13.0 Å². The Kier molecular flexibility index (Phi) is 7.34. The molecule has 0 aromatic rings. The van der Waals surface area contributed by atoms with Gasteiger partial charge in [0.05, 0.1) is 0 Å². The number of carboxylic acids is 1. The molecule has 0 amide bonds. The molecule has 4 heteroatoms. The van der Waals surface area contributed by atoms with Gasteiger partial charge in [-0.15, -0.1) is 0 Å². The van der Waals surface area contributed by atoms with Gasteiger partial charge in [0.15, 0.2) is 0 Å². The molecule has 0 aliphatic rings. The number of likely N-dealkylation sites (N-methyl/N-ethyl adjacent to an activating group) is 1. The Hall–Kier alpha value is -0.610. The Balaban J connectivity index is 4.32. The van der Waals surface area contributed by atoms with Crippen molar-refractivity contribution in [3.8, 4) is 0 Å². The third-order valence-electron chi connectivity index (χ3n) is 3.19. The second-order valence-corrected chi connectivity index (χ2v) is 4.45. The Morgan fingerprint density at radius 2 is 2.06 bits per heavy atom. The van der Waals surface area contributed by atoms with Crippen LogP contribution in [-0.2, 0) is 9.53 Å². The van der Waals surface area contributed by atoms with E-state index in [-0.39, 0.29) is 0 Å². The van der Waals surface area contributed by atoms with Crippen LogP contribution in [0.4, 0.5) is 0 Å². The van der Waals surface area contributed by atoms with Crippen molar-refractivity contribution >= 4 is 5.97 Å². The molecule has 0 spiro atoms. The minimum atomic E-state index is -0.816. The predicted octanol–water partition coefficient (Wildman–Crippen LogP) is 1.99. The van der Waals surface area contributed by atoms with E-state index >= 15 is 0 Å². The van der Waals surface area contributed by atoms with Crippen LogP contribution >= 0.6 is 0 Å². The van der Waals surface area contributed by atoms with Gasteiger partial charge >= 0.3 is 5.97 Å². The average Bonchev–Trinajstić information content (AvgIpc) is 2.25. The molecule has 1 N–H and O–H groups in total. The van der Waals surface area contributed by atoms with Gasteiger partial charge in [-0.3, -0.25) is 9.69 Å². The number of carbonyl (C=O) groups is 1. The third kappa shape index (κ3) is 4.49. The van der Waals surface area contributed by atoms with Gasteiger partial charge in [-0.1, -0.05) is 19.8 Å². The van der Waals surface area contributed by atoms with E-state index in [0.717, 1.165) is 25.8 Å². The zero-order valence-corrected chi connectivity index (χ0v) is 11.0. The highest BCUT2D eigenvalue weighted by Gasteiger charge is 2.36. The van der Waals surface area contributed by atoms with E-state index < -0.39 is 11.5 Å². The van der Waals surface area contributed by atoms with Gasteiger partial charge < -0.3 is 9.84 Å². The van der Waals surface area contributed by atoms with Crippen molar-refractivity contribution in [2.24, 2.45) is 0 Å². The van der Waals surface area contributed by atoms with Crippen LogP contribution in [-0.4, -0.2) is 48.8 Å². The van der Waals surface area contributed by atoms with Gasteiger partial charge in [0.1, 0.15) is 5.54 Å². The second-order valence-electron chi connectivity index (χ2n) is 4.45. The lowest BCUT2D eigenvalue weighted by molar-refractivity contribution is -0.150. The van der Waals surface area contributed by atoms with Crippen LogP contribution in [0.5, 0.6) is 0 Å². The molecule has 0 bridgehead atoms. The largest absolute Gasteiger partial charge is 0.480 e. The first-order valence-corrected chi connectivity index (χ1v) is 5.92. The molecular weight excluding hydrogens is 206 g/mol. The van der Waals surface area contributed by atoms with Crippen molar-refractivity contribution in [2.75, 3.05) is 27.3 Å². The number of hydrogen-bond acceptors (Lipinski definition) is 3. The van der Waals surface area contributed by atoms with Crippen LogP contribution in [0, 0.1) is 0 Å². The summed E-state index contributed by atoms with van der Waals surface area (Å²) in [6.07, 6.45) is 3.85. The number of methoxy groups -OCH3 is 1. The molecule has 0 aromatic heterocycles. The van der Waals surface area contributed by atoms with Crippen molar-refractivity contribution < 1.29 is 14.6 Å². The standard InChI is InChI=1S/C12H25NO3/c1-5-6-7-9-13(3)12(2,11(14)15)8-10-16-4/h5-10H2,1-4H3,(H,14,15). The summed E-state index contributed by atoms with van der Waals surface area (Å²) in [7, 11) is 3.47. The van der Waals surface area contributed by atoms with Crippen molar-refractivity contribution in [2.45, 2.75) is 45.1 Å². The number of aliphatic carboxylic acids is 1. The fraction of sp³-hybridized carbons (Fsp3) is 0.917. The lowest BCUT2D eigenvalue weighted by Crippen LogP contribution is -2.51. The first kappa shape index (κ1) is 15.4. The SMILES string of the molecule is CCCCCN(C)C(C)(CCOC)C(=O)O. The molecule has 1 atom stereocenters. The lowest BCUT2D eigenvalue weighted by Gasteiger charge is -2.35. The third-order valence-corrected chi connectivity index (χ3v) is 3.19. The molecule has 16 heavy (non-hydrogen) atoms. The molecule has 0 fully saturated rings. The van der Waals surface area contributed by atoms with E-state index in [1.165, 1.54) is 0 Å². The number of nitrogens with zero attached hydrogens (tertiary/aromatic N) is 1.